The number of benzene rings is 2. The minimum atomic E-state index is 0.700. The molecule has 0 atom stereocenters. The fraction of sp³-hybridized carbons (Fsp3) is 0.133. The molecule has 0 aliphatic heterocycles. The maximum Gasteiger partial charge on any atom is 0.144 e. The number of methoxy groups -OCH3 is 2. The Balaban J connectivity index is 2.28. The molecule has 0 heterocycles. The summed E-state index contributed by atoms with van der Waals surface area (Å²) in [4.78, 5) is 4.41. The van der Waals surface area contributed by atoms with Gasteiger partial charge in [-0.25, -0.2) is 0 Å². The summed E-state index contributed by atoms with van der Waals surface area (Å²) in [6.07, 6.45) is 1.76. The molecule has 3 nitrogen and oxygen atoms in total. The van der Waals surface area contributed by atoms with Crippen molar-refractivity contribution in [1.29, 1.82) is 0 Å². The van der Waals surface area contributed by atoms with Gasteiger partial charge >= 0.3 is 0 Å². The molecular weight excluding hydrogens is 262 g/mol. The second-order valence-electron chi connectivity index (χ2n) is 3.85. The van der Waals surface area contributed by atoms with Crippen molar-refractivity contribution in [2.45, 2.75) is 0 Å². The zero-order chi connectivity index (χ0) is 13.7. The third kappa shape index (κ3) is 3.48. The smallest absolute Gasteiger partial charge is 0.144 e. The zero-order valence-corrected chi connectivity index (χ0v) is 11.5. The van der Waals surface area contributed by atoms with Crippen LogP contribution in [0.4, 0.5) is 5.69 Å². The monoisotopic (exact) mass is 275 g/mol. The first-order valence-electron chi connectivity index (χ1n) is 5.74. The van der Waals surface area contributed by atoms with E-state index >= 15 is 0 Å². The predicted octanol–water partition coefficient (Wildman–Crippen LogP) is 4.11. The molecule has 2 aromatic carbocycles. The van der Waals surface area contributed by atoms with Crippen LogP contribution in [-0.4, -0.2) is 20.4 Å². The van der Waals surface area contributed by atoms with Crippen molar-refractivity contribution in [2.24, 2.45) is 4.99 Å². The van der Waals surface area contributed by atoms with Crippen molar-refractivity contribution in [2.75, 3.05) is 14.2 Å². The lowest BCUT2D eigenvalue weighted by atomic mass is 10.2. The summed E-state index contributed by atoms with van der Waals surface area (Å²) in [5.74, 6) is 1.44. The highest BCUT2D eigenvalue weighted by molar-refractivity contribution is 6.30. The van der Waals surface area contributed by atoms with Gasteiger partial charge in [0.2, 0.25) is 0 Å². The summed E-state index contributed by atoms with van der Waals surface area (Å²) in [7, 11) is 3.23. The van der Waals surface area contributed by atoms with E-state index in [0.29, 0.717) is 10.8 Å². The summed E-state index contributed by atoms with van der Waals surface area (Å²) in [5, 5.41) is 0.705. The maximum absolute atomic E-state index is 5.84. The Morgan fingerprint density at radius 3 is 2.37 bits per heavy atom. The van der Waals surface area contributed by atoms with E-state index in [1.807, 2.05) is 42.5 Å². The minimum absolute atomic E-state index is 0.700. The van der Waals surface area contributed by atoms with Gasteiger partial charge in [0.15, 0.2) is 0 Å². The molecule has 0 aliphatic carbocycles. The molecule has 0 spiro atoms. The molecule has 4 heteroatoms. The van der Waals surface area contributed by atoms with Crippen molar-refractivity contribution >= 4 is 23.5 Å². The third-order valence-electron chi connectivity index (χ3n) is 2.61. The summed E-state index contributed by atoms with van der Waals surface area (Å²) in [6, 6.07) is 12.9. The van der Waals surface area contributed by atoms with E-state index < -0.39 is 0 Å². The van der Waals surface area contributed by atoms with E-state index in [-0.39, 0.29) is 0 Å². The van der Waals surface area contributed by atoms with Crippen molar-refractivity contribution in [3.05, 3.63) is 53.1 Å². The first-order chi connectivity index (χ1) is 9.22. The Bertz CT molecular complexity index is 579. The van der Waals surface area contributed by atoms with Crippen LogP contribution in [0.1, 0.15) is 5.56 Å². The molecule has 0 radical (unpaired) electrons. The average Bonchev–Trinajstić information content (AvgIpc) is 2.46. The normalized spacial score (nSPS) is 10.7. The van der Waals surface area contributed by atoms with E-state index in [9.17, 15) is 0 Å². The lowest BCUT2D eigenvalue weighted by Crippen LogP contribution is -1.87. The van der Waals surface area contributed by atoms with Crippen LogP contribution in [0.5, 0.6) is 11.5 Å². The van der Waals surface area contributed by atoms with Gasteiger partial charge < -0.3 is 9.47 Å². The third-order valence-corrected chi connectivity index (χ3v) is 2.86. The topological polar surface area (TPSA) is 30.8 Å². The number of hydrogen-bond donors (Lipinski definition) is 0. The van der Waals surface area contributed by atoms with E-state index in [2.05, 4.69) is 4.99 Å². The molecule has 19 heavy (non-hydrogen) atoms. The van der Waals surface area contributed by atoms with Crippen LogP contribution in [-0.2, 0) is 0 Å². The van der Waals surface area contributed by atoms with Gasteiger partial charge in [-0.1, -0.05) is 23.7 Å². The van der Waals surface area contributed by atoms with Crippen LogP contribution in [0.3, 0.4) is 0 Å². The molecule has 0 aliphatic rings. The van der Waals surface area contributed by atoms with E-state index in [1.54, 1.807) is 20.4 Å². The first-order valence-corrected chi connectivity index (χ1v) is 6.12. The first kappa shape index (κ1) is 13.4. The van der Waals surface area contributed by atoms with Crippen LogP contribution < -0.4 is 9.47 Å². The standard InChI is InChI=1S/C15H14ClNO2/c1-18-13-7-8-15(19-2)14(9-13)17-10-11-3-5-12(16)6-4-11/h3-10H,1-2H3. The van der Waals surface area contributed by atoms with Gasteiger partial charge in [0.05, 0.1) is 14.2 Å². The highest BCUT2D eigenvalue weighted by Crippen LogP contribution is 2.31. The Kier molecular flexibility index (Phi) is 4.42. The molecule has 0 amide bonds. The summed E-state index contributed by atoms with van der Waals surface area (Å²) >= 11 is 5.84. The Labute approximate surface area is 117 Å². The summed E-state index contributed by atoms with van der Waals surface area (Å²) in [5.41, 5.74) is 1.69. The van der Waals surface area contributed by atoms with Crippen LogP contribution in [0, 0.1) is 0 Å². The van der Waals surface area contributed by atoms with Crippen LogP contribution >= 0.6 is 11.6 Å². The predicted molar refractivity (Wildman–Crippen MR) is 78.3 cm³/mol. The Morgan fingerprint density at radius 1 is 1.00 bits per heavy atom. The number of hydrogen-bond acceptors (Lipinski definition) is 3. The van der Waals surface area contributed by atoms with Crippen molar-refractivity contribution in [3.8, 4) is 11.5 Å². The number of aliphatic imine (C=N–C) groups is 1. The highest BCUT2D eigenvalue weighted by Gasteiger charge is 2.02. The SMILES string of the molecule is COc1ccc(OC)c(N=Cc2ccc(Cl)cc2)c1. The molecule has 0 bridgehead atoms. The Morgan fingerprint density at radius 2 is 1.74 bits per heavy atom. The van der Waals surface area contributed by atoms with Crippen molar-refractivity contribution in [1.82, 2.24) is 0 Å². The molecule has 0 saturated heterocycles. The Hall–Kier alpha value is -2.00. The number of halogens is 1. The lowest BCUT2D eigenvalue weighted by molar-refractivity contribution is 0.404. The van der Waals surface area contributed by atoms with E-state index in [0.717, 1.165) is 17.0 Å². The largest absolute Gasteiger partial charge is 0.497 e. The highest BCUT2D eigenvalue weighted by atomic mass is 35.5. The van der Waals surface area contributed by atoms with E-state index in [4.69, 9.17) is 21.1 Å². The van der Waals surface area contributed by atoms with Crippen LogP contribution in [0.2, 0.25) is 5.02 Å². The second-order valence-corrected chi connectivity index (χ2v) is 4.28. The quantitative estimate of drug-likeness (QED) is 0.786. The molecule has 2 rings (SSSR count). The molecule has 0 unspecified atom stereocenters. The molecular formula is C15H14ClNO2. The molecule has 98 valence electrons. The number of nitrogens with zero attached hydrogens (tertiary/aromatic N) is 1. The van der Waals surface area contributed by atoms with Crippen LogP contribution in [0.25, 0.3) is 0 Å². The van der Waals surface area contributed by atoms with Gasteiger partial charge in [0.1, 0.15) is 17.2 Å². The number of rotatable bonds is 4. The van der Waals surface area contributed by atoms with Crippen molar-refractivity contribution in [3.63, 3.8) is 0 Å². The van der Waals surface area contributed by atoms with E-state index in [1.165, 1.54) is 0 Å². The average molecular weight is 276 g/mol. The van der Waals surface area contributed by atoms with Gasteiger partial charge in [-0.15, -0.1) is 0 Å². The van der Waals surface area contributed by atoms with Gasteiger partial charge in [-0.05, 0) is 29.8 Å². The van der Waals surface area contributed by atoms with Crippen LogP contribution in [0.15, 0.2) is 47.5 Å². The molecule has 0 aromatic heterocycles. The maximum atomic E-state index is 5.84. The zero-order valence-electron chi connectivity index (χ0n) is 10.8. The number of ether oxygens (including phenoxy) is 2. The summed E-state index contributed by atoms with van der Waals surface area (Å²) < 4.78 is 10.4. The fourth-order valence-corrected chi connectivity index (χ4v) is 1.72. The fourth-order valence-electron chi connectivity index (χ4n) is 1.59. The van der Waals surface area contributed by atoms with Gasteiger partial charge in [0, 0.05) is 17.3 Å². The van der Waals surface area contributed by atoms with Crippen molar-refractivity contribution < 1.29 is 9.47 Å². The van der Waals surface area contributed by atoms with Gasteiger partial charge in [-0.2, -0.15) is 0 Å². The minimum Gasteiger partial charge on any atom is -0.497 e. The lowest BCUT2D eigenvalue weighted by Gasteiger charge is -2.06. The van der Waals surface area contributed by atoms with Gasteiger partial charge in [-0.3, -0.25) is 4.99 Å². The second kappa shape index (κ2) is 6.25. The molecule has 0 saturated carbocycles. The molecule has 0 N–H and O–H groups in total. The molecule has 2 aromatic rings. The van der Waals surface area contributed by atoms with Gasteiger partial charge in [0.25, 0.3) is 0 Å². The summed E-state index contributed by atoms with van der Waals surface area (Å²) in [6.45, 7) is 0. The molecule has 0 fully saturated rings.